The van der Waals surface area contributed by atoms with Gasteiger partial charge in [-0.05, 0) is 31.9 Å². The summed E-state index contributed by atoms with van der Waals surface area (Å²) in [4.78, 5) is 0. The van der Waals surface area contributed by atoms with Gasteiger partial charge in [0.2, 0.25) is 0 Å². The molecule has 1 aromatic heterocycles. The number of hydrogen-bond donors (Lipinski definition) is 1. The lowest BCUT2D eigenvalue weighted by molar-refractivity contribution is 0.0511. The summed E-state index contributed by atoms with van der Waals surface area (Å²) >= 11 is 0. The van der Waals surface area contributed by atoms with E-state index in [1.807, 2.05) is 12.1 Å². The van der Waals surface area contributed by atoms with E-state index in [1.54, 1.807) is 6.26 Å². The van der Waals surface area contributed by atoms with Crippen molar-refractivity contribution in [2.24, 2.45) is 11.8 Å². The molecule has 0 radical (unpaired) electrons. The molecular weight excluding hydrogens is 202 g/mol. The fourth-order valence-corrected chi connectivity index (χ4v) is 2.47. The molecule has 0 bridgehead atoms. The van der Waals surface area contributed by atoms with Crippen LogP contribution in [0.25, 0.3) is 0 Å². The third-order valence-electron chi connectivity index (χ3n) is 3.71. The van der Waals surface area contributed by atoms with E-state index >= 15 is 0 Å². The Morgan fingerprint density at radius 2 is 2.06 bits per heavy atom. The zero-order chi connectivity index (χ0) is 11.5. The Bertz CT molecular complexity index is 310. The lowest BCUT2D eigenvalue weighted by atomic mass is 9.89. The first-order valence-corrected chi connectivity index (χ1v) is 6.07. The van der Waals surface area contributed by atoms with Gasteiger partial charge >= 0.3 is 0 Å². The first kappa shape index (κ1) is 11.7. The average molecular weight is 223 g/mol. The molecule has 1 aliphatic rings. The van der Waals surface area contributed by atoms with Crippen molar-refractivity contribution < 1.29 is 9.15 Å². The first-order chi connectivity index (χ1) is 7.68. The molecule has 1 saturated heterocycles. The Hall–Kier alpha value is -0.800. The molecular formula is C13H21NO2. The van der Waals surface area contributed by atoms with Crippen LogP contribution in [0.5, 0.6) is 0 Å². The monoisotopic (exact) mass is 223 g/mol. The maximum absolute atomic E-state index is 5.81. The number of hydrogen-bond acceptors (Lipinski definition) is 3. The lowest BCUT2D eigenvalue weighted by Crippen LogP contribution is -2.30. The Balaban J connectivity index is 1.77. The van der Waals surface area contributed by atoms with Crippen molar-refractivity contribution >= 4 is 0 Å². The van der Waals surface area contributed by atoms with Gasteiger partial charge in [0.1, 0.15) is 5.76 Å². The van der Waals surface area contributed by atoms with E-state index in [0.29, 0.717) is 24.0 Å². The van der Waals surface area contributed by atoms with Crippen LogP contribution in [0.15, 0.2) is 22.8 Å². The summed E-state index contributed by atoms with van der Waals surface area (Å²) in [5, 5.41) is 3.44. The summed E-state index contributed by atoms with van der Waals surface area (Å²) in [5.74, 6) is 2.22. The molecule has 4 unspecified atom stereocenters. The number of rotatable bonds is 4. The van der Waals surface area contributed by atoms with Crippen LogP contribution in [0.2, 0.25) is 0 Å². The highest BCUT2D eigenvalue weighted by atomic mass is 16.5. The van der Waals surface area contributed by atoms with E-state index in [1.165, 1.54) is 0 Å². The quantitative estimate of drug-likeness (QED) is 0.851. The first-order valence-electron chi connectivity index (χ1n) is 6.07. The van der Waals surface area contributed by atoms with E-state index in [2.05, 4.69) is 26.1 Å². The molecule has 0 aromatic carbocycles. The van der Waals surface area contributed by atoms with Crippen LogP contribution in [0.4, 0.5) is 0 Å². The third kappa shape index (κ3) is 2.47. The Kier molecular flexibility index (Phi) is 3.66. The molecule has 1 fully saturated rings. The fraction of sp³-hybridized carbons (Fsp3) is 0.692. The topological polar surface area (TPSA) is 34.4 Å². The van der Waals surface area contributed by atoms with Gasteiger partial charge in [-0.15, -0.1) is 0 Å². The molecule has 3 heteroatoms. The summed E-state index contributed by atoms with van der Waals surface area (Å²) in [6.45, 7) is 8.39. The standard InChI is InChI=1S/C13H21NO2/c1-9-10(2)16-11(3)13(9)8-14-7-12-5-4-6-15-12/h4-6,9-11,13-14H,7-8H2,1-3H3. The van der Waals surface area contributed by atoms with Crippen molar-refractivity contribution in [3.8, 4) is 0 Å². The highest BCUT2D eigenvalue weighted by Crippen LogP contribution is 2.31. The molecule has 4 atom stereocenters. The van der Waals surface area contributed by atoms with Crippen LogP contribution < -0.4 is 5.32 Å². The van der Waals surface area contributed by atoms with Crippen LogP contribution in [0, 0.1) is 11.8 Å². The normalized spacial score (nSPS) is 34.4. The van der Waals surface area contributed by atoms with Gasteiger partial charge in [0.05, 0.1) is 25.0 Å². The number of nitrogens with one attached hydrogen (secondary N) is 1. The second-order valence-electron chi connectivity index (χ2n) is 4.78. The molecule has 1 aliphatic heterocycles. The molecule has 0 aliphatic carbocycles. The van der Waals surface area contributed by atoms with Crippen LogP contribution in [0.1, 0.15) is 26.5 Å². The Labute approximate surface area is 97.2 Å². The Morgan fingerprint density at radius 1 is 1.25 bits per heavy atom. The lowest BCUT2D eigenvalue weighted by Gasteiger charge is -2.18. The molecule has 1 N–H and O–H groups in total. The van der Waals surface area contributed by atoms with Crippen molar-refractivity contribution in [1.82, 2.24) is 5.32 Å². The molecule has 3 nitrogen and oxygen atoms in total. The van der Waals surface area contributed by atoms with Crippen molar-refractivity contribution in [3.63, 3.8) is 0 Å². The van der Waals surface area contributed by atoms with Gasteiger partial charge in [-0.25, -0.2) is 0 Å². The summed E-state index contributed by atoms with van der Waals surface area (Å²) in [6, 6.07) is 3.91. The van der Waals surface area contributed by atoms with Gasteiger partial charge in [0, 0.05) is 12.5 Å². The van der Waals surface area contributed by atoms with E-state index in [0.717, 1.165) is 18.8 Å². The molecule has 0 spiro atoms. The van der Waals surface area contributed by atoms with E-state index < -0.39 is 0 Å². The smallest absolute Gasteiger partial charge is 0.117 e. The van der Waals surface area contributed by atoms with Gasteiger partial charge in [-0.2, -0.15) is 0 Å². The third-order valence-corrected chi connectivity index (χ3v) is 3.71. The highest BCUT2D eigenvalue weighted by molar-refractivity contribution is 4.97. The highest BCUT2D eigenvalue weighted by Gasteiger charge is 2.36. The van der Waals surface area contributed by atoms with E-state index in [-0.39, 0.29) is 0 Å². The summed E-state index contributed by atoms with van der Waals surface area (Å²) in [5.41, 5.74) is 0. The predicted octanol–water partition coefficient (Wildman–Crippen LogP) is 2.43. The number of ether oxygens (including phenoxy) is 1. The van der Waals surface area contributed by atoms with E-state index in [9.17, 15) is 0 Å². The average Bonchev–Trinajstić information content (AvgIpc) is 2.82. The molecule has 2 rings (SSSR count). The molecule has 90 valence electrons. The summed E-state index contributed by atoms with van der Waals surface area (Å²) < 4.78 is 11.1. The van der Waals surface area contributed by atoms with E-state index in [4.69, 9.17) is 9.15 Å². The molecule has 2 heterocycles. The minimum absolute atomic E-state index is 0.356. The maximum atomic E-state index is 5.81. The SMILES string of the molecule is CC1OC(C)C(CNCc2ccco2)C1C. The van der Waals surface area contributed by atoms with Crippen molar-refractivity contribution in [3.05, 3.63) is 24.2 Å². The van der Waals surface area contributed by atoms with Gasteiger partial charge < -0.3 is 14.5 Å². The minimum atomic E-state index is 0.356. The van der Waals surface area contributed by atoms with Crippen LogP contribution in [-0.2, 0) is 11.3 Å². The van der Waals surface area contributed by atoms with Crippen LogP contribution >= 0.6 is 0 Å². The van der Waals surface area contributed by atoms with Crippen molar-refractivity contribution in [1.29, 1.82) is 0 Å². The maximum Gasteiger partial charge on any atom is 0.117 e. The number of furan rings is 1. The van der Waals surface area contributed by atoms with Crippen molar-refractivity contribution in [2.45, 2.75) is 39.5 Å². The van der Waals surface area contributed by atoms with Gasteiger partial charge in [0.15, 0.2) is 0 Å². The Morgan fingerprint density at radius 3 is 2.62 bits per heavy atom. The fourth-order valence-electron chi connectivity index (χ4n) is 2.47. The molecule has 0 saturated carbocycles. The molecule has 16 heavy (non-hydrogen) atoms. The zero-order valence-electron chi connectivity index (χ0n) is 10.3. The summed E-state index contributed by atoms with van der Waals surface area (Å²) in [6.07, 6.45) is 2.45. The second kappa shape index (κ2) is 5.02. The van der Waals surface area contributed by atoms with Crippen LogP contribution in [-0.4, -0.2) is 18.8 Å². The largest absolute Gasteiger partial charge is 0.468 e. The van der Waals surface area contributed by atoms with Crippen molar-refractivity contribution in [2.75, 3.05) is 6.54 Å². The zero-order valence-corrected chi connectivity index (χ0v) is 10.3. The minimum Gasteiger partial charge on any atom is -0.468 e. The predicted molar refractivity (Wildman–Crippen MR) is 63.1 cm³/mol. The second-order valence-corrected chi connectivity index (χ2v) is 4.78. The van der Waals surface area contributed by atoms with Gasteiger partial charge in [-0.1, -0.05) is 6.92 Å². The summed E-state index contributed by atoms with van der Waals surface area (Å²) in [7, 11) is 0. The van der Waals surface area contributed by atoms with Crippen LogP contribution in [0.3, 0.4) is 0 Å². The molecule has 1 aromatic rings. The van der Waals surface area contributed by atoms with Gasteiger partial charge in [0.25, 0.3) is 0 Å². The molecule has 0 amide bonds. The van der Waals surface area contributed by atoms with Gasteiger partial charge in [-0.3, -0.25) is 0 Å².